The number of nitrogens with zero attached hydrogens (tertiary/aromatic N) is 7. The van der Waals surface area contributed by atoms with Crippen LogP contribution in [-0.2, 0) is 6.54 Å². The summed E-state index contributed by atoms with van der Waals surface area (Å²) < 4.78 is 3.69. The highest BCUT2D eigenvalue weighted by molar-refractivity contribution is 14.1. The third-order valence-electron chi connectivity index (χ3n) is 3.89. The predicted molar refractivity (Wildman–Crippen MR) is 111 cm³/mol. The Bertz CT molecular complexity index is 1140. The number of rotatable bonds is 4. The van der Waals surface area contributed by atoms with Crippen LogP contribution in [-0.4, -0.2) is 30.0 Å². The van der Waals surface area contributed by atoms with E-state index in [1.54, 1.807) is 18.3 Å². The summed E-state index contributed by atoms with van der Waals surface area (Å²) in [5.74, 6) is 0.520. The minimum absolute atomic E-state index is 0.480. The smallest absolute Gasteiger partial charge is 0.209 e. The van der Waals surface area contributed by atoms with E-state index in [9.17, 15) is 0 Å². The van der Waals surface area contributed by atoms with E-state index in [0.29, 0.717) is 17.9 Å². The zero-order chi connectivity index (χ0) is 18.8. The molecular weight excluding hydrogens is 521 g/mol. The van der Waals surface area contributed by atoms with Gasteiger partial charge in [-0.25, -0.2) is 4.68 Å². The molecule has 0 aliphatic carbocycles. The van der Waals surface area contributed by atoms with Gasteiger partial charge in [-0.3, -0.25) is 0 Å². The molecule has 0 fully saturated rings. The lowest BCUT2D eigenvalue weighted by Gasteiger charge is -2.05. The summed E-state index contributed by atoms with van der Waals surface area (Å²) in [4.78, 5) is 1.53. The average molecular weight is 532 g/mol. The first-order valence-corrected chi connectivity index (χ1v) is 9.78. The zero-order valence-corrected chi connectivity index (χ0v) is 17.5. The van der Waals surface area contributed by atoms with E-state index in [2.05, 4.69) is 65.1 Å². The summed E-state index contributed by atoms with van der Waals surface area (Å²) in [6, 6.07) is 17.3. The number of tetrazole rings is 1. The molecule has 4 aromatic rings. The predicted octanol–water partition coefficient (Wildman–Crippen LogP) is 3.81. The Morgan fingerprint density at radius 1 is 1.11 bits per heavy atom. The highest BCUT2D eigenvalue weighted by Crippen LogP contribution is 2.27. The van der Waals surface area contributed by atoms with E-state index >= 15 is 0 Å². The number of aromatic nitrogens is 6. The van der Waals surface area contributed by atoms with Gasteiger partial charge in [0.05, 0.1) is 35.6 Å². The molecule has 0 aliphatic rings. The van der Waals surface area contributed by atoms with Gasteiger partial charge in [-0.1, -0.05) is 24.3 Å². The van der Waals surface area contributed by atoms with Gasteiger partial charge in [-0.15, -0.1) is 10.2 Å². The fraction of sp³-hybridized carbons (Fsp3) is 0.0556. The monoisotopic (exact) mass is 531 g/mol. The van der Waals surface area contributed by atoms with Crippen LogP contribution in [0.3, 0.4) is 0 Å². The van der Waals surface area contributed by atoms with E-state index in [1.165, 1.54) is 4.80 Å². The molecule has 0 radical (unpaired) electrons. The second-order valence-corrected chi connectivity index (χ2v) is 7.54. The molecule has 7 nitrogen and oxygen atoms in total. The average Bonchev–Trinajstić information content (AvgIpc) is 3.29. The van der Waals surface area contributed by atoms with Crippen LogP contribution in [0.15, 0.2) is 59.2 Å². The standard InChI is InChI=1S/C18H11BrIN7/c19-15-3-1-2-4-16(15)27-17(20)14(10-22-27)18-23-25-26(24-18)11-13-7-5-12(9-21)6-8-13/h1-8,10H,11H2. The van der Waals surface area contributed by atoms with Gasteiger partial charge in [0, 0.05) is 4.47 Å². The van der Waals surface area contributed by atoms with Gasteiger partial charge in [-0.05, 0) is 73.6 Å². The minimum Gasteiger partial charge on any atom is -0.226 e. The molecule has 0 atom stereocenters. The third kappa shape index (κ3) is 3.63. The summed E-state index contributed by atoms with van der Waals surface area (Å²) >= 11 is 5.78. The molecule has 2 aromatic carbocycles. The molecule has 2 aromatic heterocycles. The lowest BCUT2D eigenvalue weighted by molar-refractivity contribution is 0.573. The Kier molecular flexibility index (Phi) is 5.00. The van der Waals surface area contributed by atoms with Crippen molar-refractivity contribution in [1.82, 2.24) is 30.0 Å². The highest BCUT2D eigenvalue weighted by atomic mass is 127. The Hall–Kier alpha value is -2.58. The molecule has 0 bridgehead atoms. The number of nitriles is 1. The van der Waals surface area contributed by atoms with Crippen molar-refractivity contribution in [2.75, 3.05) is 0 Å². The Morgan fingerprint density at radius 3 is 2.63 bits per heavy atom. The molecule has 27 heavy (non-hydrogen) atoms. The Balaban J connectivity index is 1.60. The highest BCUT2D eigenvalue weighted by Gasteiger charge is 2.17. The first kappa shape index (κ1) is 17.8. The molecule has 0 aliphatic heterocycles. The summed E-state index contributed by atoms with van der Waals surface area (Å²) in [5.41, 5.74) is 3.38. The SMILES string of the molecule is N#Cc1ccc(Cn2nnc(-c3cnn(-c4ccccc4Br)c3I)n2)cc1. The van der Waals surface area contributed by atoms with Crippen LogP contribution >= 0.6 is 38.5 Å². The number of halogens is 2. The van der Waals surface area contributed by atoms with E-state index in [4.69, 9.17) is 5.26 Å². The van der Waals surface area contributed by atoms with Crippen molar-refractivity contribution >= 4 is 38.5 Å². The number of benzene rings is 2. The second kappa shape index (κ2) is 7.58. The van der Waals surface area contributed by atoms with Crippen molar-refractivity contribution in [3.05, 3.63) is 74.0 Å². The van der Waals surface area contributed by atoms with Crippen molar-refractivity contribution in [2.45, 2.75) is 6.54 Å². The molecule has 0 saturated heterocycles. The summed E-state index contributed by atoms with van der Waals surface area (Å²) in [6.07, 6.45) is 1.74. The van der Waals surface area contributed by atoms with Gasteiger partial charge in [-0.2, -0.15) is 15.2 Å². The van der Waals surface area contributed by atoms with Gasteiger partial charge in [0.15, 0.2) is 0 Å². The van der Waals surface area contributed by atoms with Gasteiger partial charge in [0.25, 0.3) is 0 Å². The second-order valence-electron chi connectivity index (χ2n) is 5.66. The van der Waals surface area contributed by atoms with Crippen LogP contribution in [0.5, 0.6) is 0 Å². The first-order valence-electron chi connectivity index (χ1n) is 7.91. The van der Waals surface area contributed by atoms with Crippen molar-refractivity contribution in [3.63, 3.8) is 0 Å². The number of hydrogen-bond donors (Lipinski definition) is 0. The lowest BCUT2D eigenvalue weighted by Crippen LogP contribution is -2.04. The lowest BCUT2D eigenvalue weighted by atomic mass is 10.1. The molecule has 9 heteroatoms. The summed E-state index contributed by atoms with van der Waals surface area (Å²) in [6.45, 7) is 0.480. The van der Waals surface area contributed by atoms with Crippen LogP contribution in [0, 0.1) is 15.0 Å². The van der Waals surface area contributed by atoms with Crippen molar-refractivity contribution in [1.29, 1.82) is 5.26 Å². The van der Waals surface area contributed by atoms with Crippen LogP contribution in [0.2, 0.25) is 0 Å². The van der Waals surface area contributed by atoms with E-state index in [1.807, 2.05) is 41.1 Å². The molecule has 2 heterocycles. The molecule has 0 spiro atoms. The number of hydrogen-bond acceptors (Lipinski definition) is 5. The van der Waals surface area contributed by atoms with Gasteiger partial charge in [0.2, 0.25) is 5.82 Å². The molecule has 132 valence electrons. The van der Waals surface area contributed by atoms with Gasteiger partial charge < -0.3 is 0 Å². The third-order valence-corrected chi connectivity index (χ3v) is 5.60. The maximum absolute atomic E-state index is 8.87. The van der Waals surface area contributed by atoms with Gasteiger partial charge >= 0.3 is 0 Å². The van der Waals surface area contributed by atoms with Crippen molar-refractivity contribution < 1.29 is 0 Å². The topological polar surface area (TPSA) is 85.2 Å². The fourth-order valence-corrected chi connectivity index (χ4v) is 3.76. The molecule has 0 unspecified atom stereocenters. The maximum atomic E-state index is 8.87. The molecular formula is C18H11BrIN7. The molecule has 4 rings (SSSR count). The van der Waals surface area contributed by atoms with Crippen molar-refractivity contribution in [2.24, 2.45) is 0 Å². The van der Waals surface area contributed by atoms with E-state index < -0.39 is 0 Å². The molecule has 0 amide bonds. The summed E-state index contributed by atoms with van der Waals surface area (Å²) in [7, 11) is 0. The largest absolute Gasteiger partial charge is 0.226 e. The normalized spacial score (nSPS) is 10.7. The summed E-state index contributed by atoms with van der Waals surface area (Å²) in [5, 5.41) is 26.1. The number of para-hydroxylation sites is 1. The van der Waals surface area contributed by atoms with Crippen LogP contribution < -0.4 is 0 Å². The van der Waals surface area contributed by atoms with E-state index in [0.717, 1.165) is 25.0 Å². The Labute approximate surface area is 176 Å². The van der Waals surface area contributed by atoms with Crippen LogP contribution in [0.25, 0.3) is 17.1 Å². The quantitative estimate of drug-likeness (QED) is 0.374. The first-order chi connectivity index (χ1) is 13.2. The van der Waals surface area contributed by atoms with Crippen molar-refractivity contribution in [3.8, 4) is 23.1 Å². The minimum atomic E-state index is 0.480. The van der Waals surface area contributed by atoms with Crippen LogP contribution in [0.4, 0.5) is 0 Å². The zero-order valence-electron chi connectivity index (χ0n) is 13.8. The van der Waals surface area contributed by atoms with E-state index in [-0.39, 0.29) is 0 Å². The fourth-order valence-electron chi connectivity index (χ4n) is 2.54. The molecule has 0 saturated carbocycles. The Morgan fingerprint density at radius 2 is 1.89 bits per heavy atom. The van der Waals surface area contributed by atoms with Crippen LogP contribution in [0.1, 0.15) is 11.1 Å². The maximum Gasteiger partial charge on any atom is 0.209 e. The van der Waals surface area contributed by atoms with Gasteiger partial charge in [0.1, 0.15) is 3.70 Å². The molecule has 0 N–H and O–H groups in total.